The molecule has 4 heteroatoms. The molecule has 0 aliphatic heterocycles. The first-order valence-corrected chi connectivity index (χ1v) is 10.6. The Morgan fingerprint density at radius 2 is 1.56 bits per heavy atom. The molecule has 1 aromatic heterocycles. The van der Waals surface area contributed by atoms with Crippen LogP contribution in [0.4, 0.5) is 5.69 Å². The van der Waals surface area contributed by atoms with Gasteiger partial charge in [-0.2, -0.15) is 5.10 Å². The number of amides is 1. The van der Waals surface area contributed by atoms with Crippen molar-refractivity contribution in [2.75, 3.05) is 5.32 Å². The van der Waals surface area contributed by atoms with E-state index in [1.807, 2.05) is 85.3 Å². The van der Waals surface area contributed by atoms with Crippen LogP contribution < -0.4 is 5.32 Å². The van der Waals surface area contributed by atoms with Gasteiger partial charge in [0, 0.05) is 11.3 Å². The van der Waals surface area contributed by atoms with Crippen LogP contribution in [0.5, 0.6) is 0 Å². The zero-order valence-corrected chi connectivity index (χ0v) is 18.0. The highest BCUT2D eigenvalue weighted by Crippen LogP contribution is 2.29. The summed E-state index contributed by atoms with van der Waals surface area (Å²) >= 11 is 0. The van der Waals surface area contributed by atoms with Gasteiger partial charge in [-0.25, -0.2) is 4.68 Å². The summed E-state index contributed by atoms with van der Waals surface area (Å²) in [6.45, 7) is 4.05. The predicted octanol–water partition coefficient (Wildman–Crippen LogP) is 6.56. The molecule has 0 saturated heterocycles. The van der Waals surface area contributed by atoms with Crippen LogP contribution in [0.1, 0.15) is 21.6 Å². The van der Waals surface area contributed by atoms with Gasteiger partial charge in [-0.05, 0) is 66.1 Å². The molecule has 4 aromatic carbocycles. The first-order valence-electron chi connectivity index (χ1n) is 10.6. The minimum absolute atomic E-state index is 0.232. The van der Waals surface area contributed by atoms with Crippen molar-refractivity contribution in [2.24, 2.45) is 0 Å². The molecule has 0 spiro atoms. The summed E-state index contributed by atoms with van der Waals surface area (Å²) in [6, 6.07) is 32.3. The largest absolute Gasteiger partial charge is 0.321 e. The van der Waals surface area contributed by atoms with E-state index in [0.717, 1.165) is 39.1 Å². The maximum Gasteiger partial charge on any atom is 0.276 e. The topological polar surface area (TPSA) is 46.9 Å². The number of rotatable bonds is 4. The van der Waals surface area contributed by atoms with Crippen LogP contribution in [-0.2, 0) is 0 Å². The van der Waals surface area contributed by atoms with E-state index in [4.69, 9.17) is 5.10 Å². The molecule has 5 aromatic rings. The van der Waals surface area contributed by atoms with Crippen molar-refractivity contribution >= 4 is 22.4 Å². The molecular formula is C28H23N3O. The maximum absolute atomic E-state index is 13.1. The molecule has 0 fully saturated rings. The molecule has 4 nitrogen and oxygen atoms in total. The van der Waals surface area contributed by atoms with Crippen molar-refractivity contribution in [3.05, 3.63) is 114 Å². The van der Waals surface area contributed by atoms with Crippen LogP contribution in [0.3, 0.4) is 0 Å². The third kappa shape index (κ3) is 3.79. The molecule has 0 bridgehead atoms. The Morgan fingerprint density at radius 1 is 0.781 bits per heavy atom. The minimum atomic E-state index is -0.232. The summed E-state index contributed by atoms with van der Waals surface area (Å²) in [4.78, 5) is 13.1. The summed E-state index contributed by atoms with van der Waals surface area (Å²) in [6.07, 6.45) is 0. The van der Waals surface area contributed by atoms with Crippen LogP contribution in [-0.4, -0.2) is 15.7 Å². The summed E-state index contributed by atoms with van der Waals surface area (Å²) in [5.74, 6) is -0.232. The van der Waals surface area contributed by atoms with E-state index in [9.17, 15) is 4.79 Å². The van der Waals surface area contributed by atoms with Crippen molar-refractivity contribution in [3.8, 4) is 16.9 Å². The number of nitrogens with zero attached hydrogens (tertiary/aromatic N) is 2. The molecule has 156 valence electrons. The number of carbonyl (C=O) groups is 1. The minimum Gasteiger partial charge on any atom is -0.321 e. The molecule has 0 saturated carbocycles. The van der Waals surface area contributed by atoms with E-state index in [2.05, 4.69) is 35.6 Å². The second-order valence-corrected chi connectivity index (χ2v) is 8.00. The number of aromatic nitrogens is 2. The quantitative estimate of drug-likeness (QED) is 0.360. The summed E-state index contributed by atoms with van der Waals surface area (Å²) in [5, 5.41) is 10.0. The molecule has 1 amide bonds. The van der Waals surface area contributed by atoms with E-state index < -0.39 is 0 Å². The summed E-state index contributed by atoms with van der Waals surface area (Å²) < 4.78 is 1.87. The first-order chi connectivity index (χ1) is 15.6. The van der Waals surface area contributed by atoms with Crippen LogP contribution >= 0.6 is 0 Å². The zero-order chi connectivity index (χ0) is 22.1. The molecule has 32 heavy (non-hydrogen) atoms. The molecule has 1 N–H and O–H groups in total. The highest BCUT2D eigenvalue weighted by atomic mass is 16.1. The normalized spacial score (nSPS) is 10.9. The average molecular weight is 418 g/mol. The number of anilines is 1. The Bertz CT molecular complexity index is 1450. The second-order valence-electron chi connectivity index (χ2n) is 8.00. The summed E-state index contributed by atoms with van der Waals surface area (Å²) in [7, 11) is 0. The lowest BCUT2D eigenvalue weighted by molar-refractivity contribution is 0.102. The van der Waals surface area contributed by atoms with Crippen molar-refractivity contribution in [1.82, 2.24) is 9.78 Å². The van der Waals surface area contributed by atoms with E-state index in [1.54, 1.807) is 0 Å². The molecule has 0 aliphatic rings. The second kappa shape index (κ2) is 8.16. The van der Waals surface area contributed by atoms with Gasteiger partial charge in [-0.1, -0.05) is 66.7 Å². The number of hydrogen-bond acceptors (Lipinski definition) is 2. The molecule has 0 atom stereocenters. The number of aryl methyl sites for hydroxylation is 2. The van der Waals surface area contributed by atoms with Gasteiger partial charge in [0.05, 0.1) is 11.4 Å². The Kier molecular flexibility index (Phi) is 5.04. The molecule has 0 aliphatic carbocycles. The van der Waals surface area contributed by atoms with Crippen molar-refractivity contribution < 1.29 is 4.79 Å². The lowest BCUT2D eigenvalue weighted by Gasteiger charge is -2.11. The van der Waals surface area contributed by atoms with Gasteiger partial charge in [0.1, 0.15) is 0 Å². The Balaban J connectivity index is 1.62. The van der Waals surface area contributed by atoms with Gasteiger partial charge in [0.15, 0.2) is 5.69 Å². The zero-order valence-electron chi connectivity index (χ0n) is 18.0. The number of carbonyl (C=O) groups excluding carboxylic acids is 1. The van der Waals surface area contributed by atoms with Gasteiger partial charge in [0.25, 0.3) is 5.91 Å². The number of nitrogens with one attached hydrogen (secondary N) is 1. The van der Waals surface area contributed by atoms with E-state index in [1.165, 1.54) is 5.39 Å². The van der Waals surface area contributed by atoms with E-state index in [-0.39, 0.29) is 5.91 Å². The van der Waals surface area contributed by atoms with Crippen LogP contribution in [0.25, 0.3) is 27.7 Å². The Hall–Kier alpha value is -4.18. The molecule has 1 heterocycles. The van der Waals surface area contributed by atoms with Gasteiger partial charge in [-0.3, -0.25) is 4.79 Å². The standard InChI is InChI=1S/C28H23N3O/c1-19-8-7-12-24(16-19)29-28(32)25-18-27(31(30-25)26-13-6-3-9-20(26)2)23-15-14-21-10-4-5-11-22(21)17-23/h3-18H,1-2H3,(H,29,32). The van der Waals surface area contributed by atoms with Gasteiger partial charge in [-0.15, -0.1) is 0 Å². The van der Waals surface area contributed by atoms with E-state index in [0.29, 0.717) is 5.69 Å². The highest BCUT2D eigenvalue weighted by molar-refractivity contribution is 6.03. The lowest BCUT2D eigenvalue weighted by Crippen LogP contribution is -2.13. The van der Waals surface area contributed by atoms with Crippen molar-refractivity contribution in [3.63, 3.8) is 0 Å². The fraction of sp³-hybridized carbons (Fsp3) is 0.0714. The third-order valence-corrected chi connectivity index (χ3v) is 5.61. The smallest absolute Gasteiger partial charge is 0.276 e. The fourth-order valence-corrected chi connectivity index (χ4v) is 3.95. The Labute approximate surface area is 187 Å². The number of benzene rings is 4. The van der Waals surface area contributed by atoms with Gasteiger partial charge in [0.2, 0.25) is 0 Å². The average Bonchev–Trinajstić information content (AvgIpc) is 3.24. The molecule has 0 unspecified atom stereocenters. The van der Waals surface area contributed by atoms with Crippen LogP contribution in [0.15, 0.2) is 97.1 Å². The van der Waals surface area contributed by atoms with Crippen molar-refractivity contribution in [1.29, 1.82) is 0 Å². The molecular weight excluding hydrogens is 394 g/mol. The number of hydrogen-bond donors (Lipinski definition) is 1. The molecule has 0 radical (unpaired) electrons. The monoisotopic (exact) mass is 417 g/mol. The van der Waals surface area contributed by atoms with Crippen molar-refractivity contribution in [2.45, 2.75) is 13.8 Å². The third-order valence-electron chi connectivity index (χ3n) is 5.61. The SMILES string of the molecule is Cc1cccc(NC(=O)c2cc(-c3ccc4ccccc4c3)n(-c3ccccc3C)n2)c1. The van der Waals surface area contributed by atoms with E-state index >= 15 is 0 Å². The molecule has 5 rings (SSSR count). The maximum atomic E-state index is 13.1. The summed E-state index contributed by atoms with van der Waals surface area (Å²) in [5.41, 5.74) is 6.14. The highest BCUT2D eigenvalue weighted by Gasteiger charge is 2.18. The first kappa shape index (κ1) is 19.8. The van der Waals surface area contributed by atoms with Crippen LogP contribution in [0.2, 0.25) is 0 Å². The fourth-order valence-electron chi connectivity index (χ4n) is 3.95. The van der Waals surface area contributed by atoms with Gasteiger partial charge < -0.3 is 5.32 Å². The Morgan fingerprint density at radius 3 is 2.38 bits per heavy atom. The van der Waals surface area contributed by atoms with Crippen LogP contribution in [0, 0.1) is 13.8 Å². The lowest BCUT2D eigenvalue weighted by atomic mass is 10.0. The van der Waals surface area contributed by atoms with Gasteiger partial charge >= 0.3 is 0 Å². The predicted molar refractivity (Wildman–Crippen MR) is 130 cm³/mol. The number of para-hydroxylation sites is 1. The number of fused-ring (bicyclic) bond motifs is 1.